The first-order valence-electron chi connectivity index (χ1n) is 7.30. The molecule has 0 unspecified atom stereocenters. The Bertz CT molecular complexity index is 852. The van der Waals surface area contributed by atoms with Crippen LogP contribution < -0.4 is 4.90 Å². The van der Waals surface area contributed by atoms with Crippen LogP contribution in [-0.4, -0.2) is 17.3 Å². The molecule has 0 atom stereocenters. The van der Waals surface area contributed by atoms with E-state index in [4.69, 9.17) is 5.26 Å². The molecule has 0 saturated heterocycles. The summed E-state index contributed by atoms with van der Waals surface area (Å²) in [6, 6.07) is 16.7. The van der Waals surface area contributed by atoms with E-state index in [1.807, 2.05) is 12.1 Å². The third-order valence-corrected chi connectivity index (χ3v) is 3.99. The molecule has 0 N–H and O–H groups in total. The third kappa shape index (κ3) is 3.48. The Balaban J connectivity index is 2.55. The van der Waals surface area contributed by atoms with E-state index in [0.29, 0.717) is 16.8 Å². The Morgan fingerprint density at radius 3 is 2.21 bits per heavy atom. The molecular formula is C19H16BrN3O. The summed E-state index contributed by atoms with van der Waals surface area (Å²) in [5, 5.41) is 18.5. The summed E-state index contributed by atoms with van der Waals surface area (Å²) in [6.07, 6.45) is 0. The zero-order valence-electron chi connectivity index (χ0n) is 13.7. The Morgan fingerprint density at radius 1 is 1.08 bits per heavy atom. The van der Waals surface area contributed by atoms with Crippen LogP contribution in [0, 0.1) is 22.7 Å². The van der Waals surface area contributed by atoms with Crippen molar-refractivity contribution < 1.29 is 4.79 Å². The Kier molecular flexibility index (Phi) is 5.07. The summed E-state index contributed by atoms with van der Waals surface area (Å²) in [6.45, 7) is 3.53. The van der Waals surface area contributed by atoms with Crippen molar-refractivity contribution in [3.8, 4) is 23.3 Å². The van der Waals surface area contributed by atoms with Crippen molar-refractivity contribution in [1.29, 1.82) is 10.5 Å². The Hall–Kier alpha value is -2.63. The van der Waals surface area contributed by atoms with Crippen LogP contribution in [0.2, 0.25) is 0 Å². The molecule has 120 valence electrons. The number of amides is 1. The van der Waals surface area contributed by atoms with Crippen LogP contribution in [0.3, 0.4) is 0 Å². The second-order valence-corrected chi connectivity index (χ2v) is 7.82. The van der Waals surface area contributed by atoms with Crippen molar-refractivity contribution in [3.05, 3.63) is 53.6 Å². The predicted molar refractivity (Wildman–Crippen MR) is 97.7 cm³/mol. The van der Waals surface area contributed by atoms with Gasteiger partial charge in [-0.2, -0.15) is 10.5 Å². The standard InChI is InChI=1S/C19H16BrN3O/c1-19(2,20)18(24)23(3)17-6-4-5-15(16(17)12-22)14-9-7-13(11-21)8-10-14/h4-10H,1-3H3. The summed E-state index contributed by atoms with van der Waals surface area (Å²) >= 11 is 3.36. The first-order chi connectivity index (χ1) is 11.3. The van der Waals surface area contributed by atoms with E-state index in [0.717, 1.165) is 11.1 Å². The molecule has 2 aromatic carbocycles. The molecule has 24 heavy (non-hydrogen) atoms. The molecule has 0 aromatic heterocycles. The number of hydrogen-bond acceptors (Lipinski definition) is 3. The maximum atomic E-state index is 12.5. The molecule has 5 heteroatoms. The highest BCUT2D eigenvalue weighted by Crippen LogP contribution is 2.32. The number of carbonyl (C=O) groups excluding carboxylic acids is 1. The molecule has 2 aromatic rings. The highest BCUT2D eigenvalue weighted by Gasteiger charge is 2.29. The number of benzene rings is 2. The van der Waals surface area contributed by atoms with Crippen molar-refractivity contribution in [1.82, 2.24) is 0 Å². The van der Waals surface area contributed by atoms with Crippen LogP contribution in [0.15, 0.2) is 42.5 Å². The molecule has 4 nitrogen and oxygen atoms in total. The molecule has 1 amide bonds. The summed E-state index contributed by atoms with van der Waals surface area (Å²) in [4.78, 5) is 14.0. The normalized spacial score (nSPS) is 10.6. The second kappa shape index (κ2) is 6.86. The smallest absolute Gasteiger partial charge is 0.243 e. The fourth-order valence-corrected chi connectivity index (χ4v) is 2.68. The maximum Gasteiger partial charge on any atom is 0.243 e. The molecule has 0 aliphatic rings. The van der Waals surface area contributed by atoms with Crippen molar-refractivity contribution in [2.45, 2.75) is 18.2 Å². The highest BCUT2D eigenvalue weighted by atomic mass is 79.9. The van der Waals surface area contributed by atoms with E-state index < -0.39 is 4.32 Å². The number of anilines is 1. The van der Waals surface area contributed by atoms with E-state index in [1.54, 1.807) is 51.2 Å². The zero-order valence-corrected chi connectivity index (χ0v) is 15.3. The molecule has 0 spiro atoms. The van der Waals surface area contributed by atoms with Gasteiger partial charge in [-0.3, -0.25) is 4.79 Å². The summed E-state index contributed by atoms with van der Waals surface area (Å²) in [5.41, 5.74) is 3.09. The molecule has 0 radical (unpaired) electrons. The molecule has 0 fully saturated rings. The fraction of sp³-hybridized carbons (Fsp3) is 0.211. The average Bonchev–Trinajstić information content (AvgIpc) is 2.59. The van der Waals surface area contributed by atoms with Gasteiger partial charge < -0.3 is 4.90 Å². The minimum Gasteiger partial charge on any atom is -0.313 e. The number of nitrogens with zero attached hydrogens (tertiary/aromatic N) is 3. The van der Waals surface area contributed by atoms with Crippen molar-refractivity contribution in [2.75, 3.05) is 11.9 Å². The van der Waals surface area contributed by atoms with Gasteiger partial charge in [-0.15, -0.1) is 0 Å². The molecule has 0 aliphatic carbocycles. The van der Waals surface area contributed by atoms with Gasteiger partial charge in [0.25, 0.3) is 0 Å². The van der Waals surface area contributed by atoms with Gasteiger partial charge in [-0.25, -0.2) is 0 Å². The third-order valence-electron chi connectivity index (χ3n) is 3.65. The highest BCUT2D eigenvalue weighted by molar-refractivity contribution is 9.10. The molecule has 2 rings (SSSR count). The van der Waals surface area contributed by atoms with E-state index in [2.05, 4.69) is 28.1 Å². The van der Waals surface area contributed by atoms with Gasteiger partial charge in [0.2, 0.25) is 5.91 Å². The number of carbonyl (C=O) groups is 1. The number of halogens is 1. The van der Waals surface area contributed by atoms with Crippen LogP contribution in [0.5, 0.6) is 0 Å². The molecule has 0 bridgehead atoms. The van der Waals surface area contributed by atoms with Crippen LogP contribution in [0.1, 0.15) is 25.0 Å². The maximum absolute atomic E-state index is 12.5. The van der Waals surface area contributed by atoms with Gasteiger partial charge in [-0.05, 0) is 37.6 Å². The van der Waals surface area contributed by atoms with Gasteiger partial charge in [0.05, 0.1) is 27.2 Å². The number of alkyl halides is 1. The molecule has 0 aliphatic heterocycles. The van der Waals surface area contributed by atoms with Gasteiger partial charge >= 0.3 is 0 Å². The zero-order chi connectivity index (χ0) is 17.9. The lowest BCUT2D eigenvalue weighted by Gasteiger charge is -2.26. The lowest BCUT2D eigenvalue weighted by Crippen LogP contribution is -2.39. The Morgan fingerprint density at radius 2 is 1.71 bits per heavy atom. The summed E-state index contributed by atoms with van der Waals surface area (Å²) in [5.74, 6) is -0.143. The second-order valence-electron chi connectivity index (χ2n) is 5.84. The van der Waals surface area contributed by atoms with Gasteiger partial charge in [0, 0.05) is 12.6 Å². The van der Waals surface area contributed by atoms with E-state index >= 15 is 0 Å². The fourth-order valence-electron chi connectivity index (χ4n) is 2.41. The number of hydrogen-bond donors (Lipinski definition) is 0. The predicted octanol–water partition coefficient (Wildman–Crippen LogP) is 4.23. The molecule has 0 heterocycles. The SMILES string of the molecule is CN(C(=O)C(C)(C)Br)c1cccc(-c2ccc(C#N)cc2)c1C#N. The summed E-state index contributed by atoms with van der Waals surface area (Å²) in [7, 11) is 1.66. The van der Waals surface area contributed by atoms with Crippen LogP contribution >= 0.6 is 15.9 Å². The topological polar surface area (TPSA) is 67.9 Å². The van der Waals surface area contributed by atoms with Crippen molar-refractivity contribution >= 4 is 27.5 Å². The largest absolute Gasteiger partial charge is 0.313 e. The molecule has 0 saturated carbocycles. The van der Waals surface area contributed by atoms with E-state index in [1.165, 1.54) is 4.90 Å². The quantitative estimate of drug-likeness (QED) is 0.746. The summed E-state index contributed by atoms with van der Waals surface area (Å²) < 4.78 is -0.723. The number of nitriles is 2. The van der Waals surface area contributed by atoms with Crippen LogP contribution in [0.4, 0.5) is 5.69 Å². The lowest BCUT2D eigenvalue weighted by molar-refractivity contribution is -0.119. The lowest BCUT2D eigenvalue weighted by atomic mass is 9.97. The van der Waals surface area contributed by atoms with Gasteiger partial charge in [-0.1, -0.05) is 40.2 Å². The minimum atomic E-state index is -0.723. The van der Waals surface area contributed by atoms with E-state index in [-0.39, 0.29) is 5.91 Å². The van der Waals surface area contributed by atoms with Crippen LogP contribution in [-0.2, 0) is 4.79 Å². The van der Waals surface area contributed by atoms with E-state index in [9.17, 15) is 10.1 Å². The first kappa shape index (κ1) is 17.7. The first-order valence-corrected chi connectivity index (χ1v) is 8.09. The van der Waals surface area contributed by atoms with Gasteiger partial charge in [0.15, 0.2) is 0 Å². The number of rotatable bonds is 3. The van der Waals surface area contributed by atoms with Crippen molar-refractivity contribution in [3.63, 3.8) is 0 Å². The van der Waals surface area contributed by atoms with Crippen LogP contribution in [0.25, 0.3) is 11.1 Å². The van der Waals surface area contributed by atoms with Gasteiger partial charge in [0.1, 0.15) is 6.07 Å². The Labute approximate surface area is 150 Å². The average molecular weight is 382 g/mol. The molecular weight excluding hydrogens is 366 g/mol. The monoisotopic (exact) mass is 381 g/mol. The van der Waals surface area contributed by atoms with Crippen molar-refractivity contribution in [2.24, 2.45) is 0 Å². The minimum absolute atomic E-state index is 0.143.